The molecule has 0 aliphatic carbocycles. The molecule has 0 spiro atoms. The highest BCUT2D eigenvalue weighted by molar-refractivity contribution is 5.81. The van der Waals surface area contributed by atoms with Crippen molar-refractivity contribution in [2.45, 2.75) is 18.9 Å². The summed E-state index contributed by atoms with van der Waals surface area (Å²) in [5.74, 6) is 0.319. The normalized spacial score (nSPS) is 31.4. The van der Waals surface area contributed by atoms with Crippen LogP contribution in [-0.4, -0.2) is 61.4 Å². The number of rotatable bonds is 2. The van der Waals surface area contributed by atoms with E-state index in [4.69, 9.17) is 9.84 Å². The molecule has 1 amide bonds. The number of aliphatic hydroxyl groups is 1. The quantitative estimate of drug-likeness (QED) is 0.650. The van der Waals surface area contributed by atoms with Gasteiger partial charge in [0.1, 0.15) is 6.10 Å². The van der Waals surface area contributed by atoms with E-state index in [0.29, 0.717) is 19.7 Å². The first-order chi connectivity index (χ1) is 7.81. The second kappa shape index (κ2) is 5.61. The van der Waals surface area contributed by atoms with Crippen LogP contribution in [0.2, 0.25) is 0 Å². The minimum absolute atomic E-state index is 0.0744. The summed E-state index contributed by atoms with van der Waals surface area (Å²) in [5.41, 5.74) is 0. The highest BCUT2D eigenvalue weighted by atomic mass is 16.5. The number of ether oxygens (including phenoxy) is 1. The van der Waals surface area contributed by atoms with Gasteiger partial charge in [-0.2, -0.15) is 0 Å². The van der Waals surface area contributed by atoms with Gasteiger partial charge < -0.3 is 20.1 Å². The van der Waals surface area contributed by atoms with Crippen molar-refractivity contribution in [3.63, 3.8) is 0 Å². The molecule has 0 aromatic rings. The number of hydrogen-bond acceptors (Lipinski definition) is 4. The number of nitrogens with one attached hydrogen (secondary N) is 1. The van der Waals surface area contributed by atoms with Crippen LogP contribution >= 0.6 is 0 Å². The van der Waals surface area contributed by atoms with Crippen molar-refractivity contribution in [1.82, 2.24) is 10.2 Å². The van der Waals surface area contributed by atoms with Crippen molar-refractivity contribution in [1.29, 1.82) is 0 Å². The second-order valence-electron chi connectivity index (χ2n) is 4.54. The van der Waals surface area contributed by atoms with Gasteiger partial charge in [0.05, 0.1) is 6.61 Å². The Bertz CT molecular complexity index is 241. The number of hydrogen-bond donors (Lipinski definition) is 2. The van der Waals surface area contributed by atoms with E-state index in [1.54, 1.807) is 0 Å². The van der Waals surface area contributed by atoms with E-state index < -0.39 is 0 Å². The Kier molecular flexibility index (Phi) is 4.15. The van der Waals surface area contributed by atoms with Crippen LogP contribution in [0.1, 0.15) is 12.8 Å². The van der Waals surface area contributed by atoms with Gasteiger partial charge in [0, 0.05) is 32.8 Å². The maximum absolute atomic E-state index is 12.1. The largest absolute Gasteiger partial charge is 0.396 e. The molecular weight excluding hydrogens is 208 g/mol. The van der Waals surface area contributed by atoms with E-state index in [1.165, 1.54) is 0 Å². The van der Waals surface area contributed by atoms with Crippen LogP contribution in [0.4, 0.5) is 0 Å². The van der Waals surface area contributed by atoms with E-state index in [-0.39, 0.29) is 24.5 Å². The number of carbonyl (C=O) groups excluding carboxylic acids is 1. The molecule has 0 bridgehead atoms. The fraction of sp³-hybridized carbons (Fsp3) is 0.909. The maximum atomic E-state index is 12.1. The smallest absolute Gasteiger partial charge is 0.253 e. The molecule has 2 atom stereocenters. The van der Waals surface area contributed by atoms with Crippen molar-refractivity contribution in [3.8, 4) is 0 Å². The number of carbonyl (C=O) groups is 1. The third-order valence-electron chi connectivity index (χ3n) is 3.29. The molecule has 0 aromatic carbocycles. The van der Waals surface area contributed by atoms with Gasteiger partial charge in [-0.25, -0.2) is 0 Å². The zero-order chi connectivity index (χ0) is 11.4. The molecule has 2 rings (SSSR count). The first-order valence-corrected chi connectivity index (χ1v) is 6.03. The van der Waals surface area contributed by atoms with Crippen molar-refractivity contribution in [2.75, 3.05) is 39.4 Å². The SMILES string of the molecule is O=C(C1CNCCO1)N1CCCC(CO)C1. The Morgan fingerprint density at radius 1 is 1.56 bits per heavy atom. The maximum Gasteiger partial charge on any atom is 0.253 e. The lowest BCUT2D eigenvalue weighted by Gasteiger charge is -2.35. The van der Waals surface area contributed by atoms with E-state index in [1.807, 2.05) is 4.90 Å². The van der Waals surface area contributed by atoms with Crippen LogP contribution in [0, 0.1) is 5.92 Å². The van der Waals surface area contributed by atoms with E-state index in [9.17, 15) is 4.79 Å². The van der Waals surface area contributed by atoms with E-state index in [0.717, 1.165) is 25.9 Å². The molecule has 0 radical (unpaired) electrons. The van der Waals surface area contributed by atoms with Crippen molar-refractivity contribution >= 4 is 5.91 Å². The molecule has 2 saturated heterocycles. The van der Waals surface area contributed by atoms with Crippen LogP contribution in [0.5, 0.6) is 0 Å². The minimum Gasteiger partial charge on any atom is -0.396 e. The van der Waals surface area contributed by atoms with Crippen LogP contribution < -0.4 is 5.32 Å². The lowest BCUT2D eigenvalue weighted by molar-refractivity contribution is -0.147. The predicted octanol–water partition coefficient (Wildman–Crippen LogP) is -0.794. The number of piperidine rings is 1. The Labute approximate surface area is 95.8 Å². The summed E-state index contributed by atoms with van der Waals surface area (Å²) in [4.78, 5) is 13.9. The Balaban J connectivity index is 1.87. The minimum atomic E-state index is -0.328. The van der Waals surface area contributed by atoms with Gasteiger partial charge in [-0.3, -0.25) is 4.79 Å². The average Bonchev–Trinajstić information content (AvgIpc) is 2.39. The lowest BCUT2D eigenvalue weighted by atomic mass is 9.98. The monoisotopic (exact) mass is 228 g/mol. The first-order valence-electron chi connectivity index (χ1n) is 6.03. The summed E-state index contributed by atoms with van der Waals surface area (Å²) in [6.07, 6.45) is 1.67. The second-order valence-corrected chi connectivity index (χ2v) is 4.54. The number of nitrogens with zero attached hydrogens (tertiary/aromatic N) is 1. The van der Waals surface area contributed by atoms with Crippen LogP contribution in [0.3, 0.4) is 0 Å². The Hall–Kier alpha value is -0.650. The average molecular weight is 228 g/mol. The van der Waals surface area contributed by atoms with Gasteiger partial charge in [0.15, 0.2) is 0 Å². The van der Waals surface area contributed by atoms with Crippen molar-refractivity contribution in [3.05, 3.63) is 0 Å². The number of amides is 1. The van der Waals surface area contributed by atoms with Gasteiger partial charge in [-0.1, -0.05) is 0 Å². The third-order valence-corrected chi connectivity index (χ3v) is 3.29. The fourth-order valence-electron chi connectivity index (χ4n) is 2.34. The molecule has 5 nitrogen and oxygen atoms in total. The molecule has 2 N–H and O–H groups in total. The first kappa shape index (κ1) is 11.8. The Morgan fingerprint density at radius 2 is 2.44 bits per heavy atom. The lowest BCUT2D eigenvalue weighted by Crippen LogP contribution is -2.52. The standard InChI is InChI=1S/C11H20N2O3/c14-8-9-2-1-4-13(7-9)11(15)10-6-12-3-5-16-10/h9-10,12,14H,1-8H2. The zero-order valence-corrected chi connectivity index (χ0v) is 9.52. The molecule has 92 valence electrons. The highest BCUT2D eigenvalue weighted by Gasteiger charge is 2.30. The molecule has 5 heteroatoms. The van der Waals surface area contributed by atoms with Crippen molar-refractivity contribution in [2.24, 2.45) is 5.92 Å². The summed E-state index contributed by atoms with van der Waals surface area (Å²) in [6.45, 7) is 3.69. The molecule has 2 aliphatic heterocycles. The fourth-order valence-corrected chi connectivity index (χ4v) is 2.34. The van der Waals surface area contributed by atoms with Crippen LogP contribution in [-0.2, 0) is 9.53 Å². The molecule has 2 fully saturated rings. The molecule has 16 heavy (non-hydrogen) atoms. The molecule has 2 unspecified atom stereocenters. The zero-order valence-electron chi connectivity index (χ0n) is 9.52. The van der Waals surface area contributed by atoms with Gasteiger partial charge in [0.2, 0.25) is 0 Å². The molecule has 2 heterocycles. The number of morpholine rings is 1. The molecule has 0 saturated carbocycles. The summed E-state index contributed by atoms with van der Waals surface area (Å²) in [7, 11) is 0. The van der Waals surface area contributed by atoms with Crippen molar-refractivity contribution < 1.29 is 14.6 Å². The van der Waals surface area contributed by atoms with Gasteiger partial charge >= 0.3 is 0 Å². The molecular formula is C11H20N2O3. The molecule has 0 aromatic heterocycles. The summed E-state index contributed by atoms with van der Waals surface area (Å²) < 4.78 is 5.45. The van der Waals surface area contributed by atoms with Crippen LogP contribution in [0.25, 0.3) is 0 Å². The Morgan fingerprint density at radius 3 is 3.12 bits per heavy atom. The van der Waals surface area contributed by atoms with Gasteiger partial charge in [0.25, 0.3) is 5.91 Å². The third kappa shape index (κ3) is 2.72. The number of likely N-dealkylation sites (tertiary alicyclic amines) is 1. The predicted molar refractivity (Wildman–Crippen MR) is 59.0 cm³/mol. The van der Waals surface area contributed by atoms with Gasteiger partial charge in [-0.15, -0.1) is 0 Å². The molecule has 2 aliphatic rings. The summed E-state index contributed by atoms with van der Waals surface area (Å²) in [5, 5.41) is 12.3. The van der Waals surface area contributed by atoms with E-state index in [2.05, 4.69) is 5.32 Å². The highest BCUT2D eigenvalue weighted by Crippen LogP contribution is 2.17. The van der Waals surface area contributed by atoms with Gasteiger partial charge in [-0.05, 0) is 18.8 Å². The van der Waals surface area contributed by atoms with E-state index >= 15 is 0 Å². The topological polar surface area (TPSA) is 61.8 Å². The van der Waals surface area contributed by atoms with Crippen LogP contribution in [0.15, 0.2) is 0 Å². The number of aliphatic hydroxyl groups excluding tert-OH is 1. The summed E-state index contributed by atoms with van der Waals surface area (Å²) in [6, 6.07) is 0. The summed E-state index contributed by atoms with van der Waals surface area (Å²) >= 11 is 0.